The highest BCUT2D eigenvalue weighted by Gasteiger charge is 2.12. The molecule has 96 valence electrons. The zero-order valence-electron chi connectivity index (χ0n) is 9.38. The normalized spacial score (nSPS) is 10.9. The molecule has 0 saturated heterocycles. The van der Waals surface area contributed by atoms with Gasteiger partial charge in [-0.3, -0.25) is 0 Å². The van der Waals surface area contributed by atoms with Gasteiger partial charge in [-0.2, -0.15) is 8.78 Å². The van der Waals surface area contributed by atoms with Crippen molar-refractivity contribution in [3.8, 4) is 5.75 Å². The molecule has 0 radical (unpaired) electrons. The zero-order chi connectivity index (χ0) is 12.7. The Morgan fingerprint density at radius 2 is 2.18 bits per heavy atom. The minimum absolute atomic E-state index is 0.0223. The largest absolute Gasteiger partial charge is 0.433 e. The molecule has 1 aromatic rings. The number of halogens is 3. The van der Waals surface area contributed by atoms with E-state index in [1.54, 1.807) is 19.2 Å². The van der Waals surface area contributed by atoms with Gasteiger partial charge in [0.25, 0.3) is 0 Å². The van der Waals surface area contributed by atoms with Crippen molar-refractivity contribution in [2.75, 3.05) is 20.3 Å². The van der Waals surface area contributed by atoms with Gasteiger partial charge < -0.3 is 14.8 Å². The van der Waals surface area contributed by atoms with Gasteiger partial charge in [0.1, 0.15) is 5.75 Å². The van der Waals surface area contributed by atoms with Gasteiger partial charge in [-0.15, -0.1) is 0 Å². The molecule has 0 unspecified atom stereocenters. The van der Waals surface area contributed by atoms with Gasteiger partial charge in [0.2, 0.25) is 0 Å². The number of hydrogen-bond acceptors (Lipinski definition) is 3. The Hall–Kier alpha value is -0.910. The summed E-state index contributed by atoms with van der Waals surface area (Å²) in [5.41, 5.74) is 0.592. The monoisotopic (exact) mass is 265 g/mol. The topological polar surface area (TPSA) is 30.5 Å². The first kappa shape index (κ1) is 14.2. The molecule has 0 aromatic heterocycles. The number of para-hydroxylation sites is 1. The molecule has 3 nitrogen and oxygen atoms in total. The van der Waals surface area contributed by atoms with E-state index in [9.17, 15) is 8.78 Å². The first-order valence-electron chi connectivity index (χ1n) is 5.07. The second-order valence-corrected chi connectivity index (χ2v) is 3.68. The number of nitrogens with one attached hydrogen (secondary N) is 1. The molecule has 0 fully saturated rings. The molecule has 0 amide bonds. The smallest absolute Gasteiger partial charge is 0.387 e. The minimum Gasteiger partial charge on any atom is -0.433 e. The van der Waals surface area contributed by atoms with Crippen LogP contribution in [0, 0.1) is 0 Å². The van der Waals surface area contributed by atoms with Crippen molar-refractivity contribution >= 4 is 11.6 Å². The summed E-state index contributed by atoms with van der Waals surface area (Å²) in [7, 11) is 1.59. The van der Waals surface area contributed by atoms with E-state index in [2.05, 4.69) is 10.1 Å². The number of ether oxygens (including phenoxy) is 2. The van der Waals surface area contributed by atoms with Crippen molar-refractivity contribution in [3.05, 3.63) is 28.8 Å². The molecule has 0 aliphatic rings. The quantitative estimate of drug-likeness (QED) is 0.769. The third-order valence-corrected chi connectivity index (χ3v) is 2.35. The summed E-state index contributed by atoms with van der Waals surface area (Å²) in [5.74, 6) is 0.0223. The van der Waals surface area contributed by atoms with Crippen molar-refractivity contribution in [3.63, 3.8) is 0 Å². The molecule has 0 spiro atoms. The van der Waals surface area contributed by atoms with Crippen LogP contribution in [0.25, 0.3) is 0 Å². The van der Waals surface area contributed by atoms with Crippen LogP contribution < -0.4 is 10.1 Å². The molecule has 0 aliphatic carbocycles. The maximum absolute atomic E-state index is 12.2. The van der Waals surface area contributed by atoms with Crippen LogP contribution in [-0.2, 0) is 11.3 Å². The van der Waals surface area contributed by atoms with Crippen LogP contribution in [0.3, 0.4) is 0 Å². The molecule has 0 heterocycles. The Labute approximate surface area is 104 Å². The van der Waals surface area contributed by atoms with E-state index in [1.165, 1.54) is 6.07 Å². The lowest BCUT2D eigenvalue weighted by atomic mass is 10.2. The van der Waals surface area contributed by atoms with Crippen molar-refractivity contribution in [2.24, 2.45) is 0 Å². The lowest BCUT2D eigenvalue weighted by Crippen LogP contribution is -2.19. The molecule has 0 saturated carbocycles. The average molecular weight is 266 g/mol. The standard InChI is InChI=1S/C11H14ClF2NO2/c1-16-6-5-15-7-8-3-2-4-9(12)10(8)17-11(13)14/h2-4,11,15H,5-7H2,1H3. The summed E-state index contributed by atoms with van der Waals surface area (Å²) in [5, 5.41) is 3.21. The van der Waals surface area contributed by atoms with E-state index in [1.807, 2.05) is 0 Å². The molecule has 0 aliphatic heterocycles. The lowest BCUT2D eigenvalue weighted by Gasteiger charge is -2.12. The van der Waals surface area contributed by atoms with Crippen molar-refractivity contribution in [2.45, 2.75) is 13.2 Å². The lowest BCUT2D eigenvalue weighted by molar-refractivity contribution is -0.0504. The van der Waals surface area contributed by atoms with E-state index in [4.69, 9.17) is 16.3 Å². The summed E-state index contributed by atoms with van der Waals surface area (Å²) >= 11 is 5.80. The van der Waals surface area contributed by atoms with Gasteiger partial charge in [-0.05, 0) is 6.07 Å². The van der Waals surface area contributed by atoms with Crippen LogP contribution in [0.1, 0.15) is 5.56 Å². The van der Waals surface area contributed by atoms with Crippen molar-refractivity contribution in [1.82, 2.24) is 5.32 Å². The Kier molecular flexibility index (Phi) is 6.18. The van der Waals surface area contributed by atoms with Gasteiger partial charge in [0.15, 0.2) is 0 Å². The highest BCUT2D eigenvalue weighted by molar-refractivity contribution is 6.32. The van der Waals surface area contributed by atoms with E-state index >= 15 is 0 Å². The SMILES string of the molecule is COCCNCc1cccc(Cl)c1OC(F)F. The average Bonchev–Trinajstić information content (AvgIpc) is 2.28. The fourth-order valence-corrected chi connectivity index (χ4v) is 1.55. The molecule has 1 rings (SSSR count). The van der Waals surface area contributed by atoms with Gasteiger partial charge in [-0.25, -0.2) is 0 Å². The third kappa shape index (κ3) is 4.85. The number of hydrogen-bond donors (Lipinski definition) is 1. The molecule has 6 heteroatoms. The van der Waals surface area contributed by atoms with Crippen LogP contribution in [0.15, 0.2) is 18.2 Å². The number of alkyl halides is 2. The first-order chi connectivity index (χ1) is 8.15. The maximum atomic E-state index is 12.2. The molecular weight excluding hydrogens is 252 g/mol. The van der Waals surface area contributed by atoms with Crippen LogP contribution in [-0.4, -0.2) is 26.9 Å². The second-order valence-electron chi connectivity index (χ2n) is 3.28. The fourth-order valence-electron chi connectivity index (χ4n) is 1.31. The minimum atomic E-state index is -2.88. The first-order valence-corrected chi connectivity index (χ1v) is 5.44. The van der Waals surface area contributed by atoms with E-state index in [0.717, 1.165) is 0 Å². The molecule has 1 aromatic carbocycles. The van der Waals surface area contributed by atoms with Gasteiger partial charge >= 0.3 is 6.61 Å². The molecule has 0 bridgehead atoms. The van der Waals surface area contributed by atoms with Crippen LogP contribution >= 0.6 is 11.6 Å². The maximum Gasteiger partial charge on any atom is 0.387 e. The fraction of sp³-hybridized carbons (Fsp3) is 0.455. The van der Waals surface area contributed by atoms with Crippen LogP contribution in [0.4, 0.5) is 8.78 Å². The zero-order valence-corrected chi connectivity index (χ0v) is 10.1. The Bertz CT molecular complexity index is 350. The van der Waals surface area contributed by atoms with Crippen molar-refractivity contribution < 1.29 is 18.3 Å². The molecule has 1 N–H and O–H groups in total. The predicted molar refractivity (Wildman–Crippen MR) is 61.7 cm³/mol. The van der Waals surface area contributed by atoms with Gasteiger partial charge in [-0.1, -0.05) is 23.7 Å². The van der Waals surface area contributed by atoms with Crippen LogP contribution in [0.5, 0.6) is 5.75 Å². The molecular formula is C11H14ClF2NO2. The van der Waals surface area contributed by atoms with Gasteiger partial charge in [0.05, 0.1) is 11.6 Å². The molecule has 17 heavy (non-hydrogen) atoms. The number of rotatable bonds is 7. The van der Waals surface area contributed by atoms with Gasteiger partial charge in [0, 0.05) is 25.8 Å². The van der Waals surface area contributed by atoms with E-state index < -0.39 is 6.61 Å². The second kappa shape index (κ2) is 7.42. The highest BCUT2D eigenvalue weighted by atomic mass is 35.5. The highest BCUT2D eigenvalue weighted by Crippen LogP contribution is 2.29. The van der Waals surface area contributed by atoms with E-state index in [-0.39, 0.29) is 10.8 Å². The van der Waals surface area contributed by atoms with Crippen molar-refractivity contribution in [1.29, 1.82) is 0 Å². The van der Waals surface area contributed by atoms with E-state index in [0.29, 0.717) is 25.3 Å². The Balaban J connectivity index is 2.66. The third-order valence-electron chi connectivity index (χ3n) is 2.05. The Morgan fingerprint density at radius 1 is 1.41 bits per heavy atom. The summed E-state index contributed by atoms with van der Waals surface area (Å²) in [6.07, 6.45) is 0. The van der Waals surface area contributed by atoms with Crippen LogP contribution in [0.2, 0.25) is 5.02 Å². The number of benzene rings is 1. The summed E-state index contributed by atoms with van der Waals surface area (Å²) < 4.78 is 33.7. The number of methoxy groups -OCH3 is 1. The predicted octanol–water partition coefficient (Wildman–Crippen LogP) is 2.68. The summed E-state index contributed by atoms with van der Waals surface area (Å²) in [6.45, 7) is -1.32. The summed E-state index contributed by atoms with van der Waals surface area (Å²) in [6, 6.07) is 4.88. The molecule has 0 atom stereocenters. The Morgan fingerprint density at radius 3 is 2.82 bits per heavy atom. The summed E-state index contributed by atoms with van der Waals surface area (Å²) in [4.78, 5) is 0.